The molecule has 0 aliphatic rings. The van der Waals surface area contributed by atoms with E-state index in [4.69, 9.17) is 30.2 Å². The number of carbonyl (C=O) groups excluding carboxylic acids is 2. The number of hydrogen-bond acceptors (Lipinski definition) is 4. The molecule has 0 radical (unpaired) electrons. The summed E-state index contributed by atoms with van der Waals surface area (Å²) in [6.45, 7) is 3.00. The Morgan fingerprint density at radius 2 is 1.91 bits per heavy atom. The summed E-state index contributed by atoms with van der Waals surface area (Å²) in [5.41, 5.74) is 2.14. The Kier molecular flexibility index (Phi) is 9.02. The first-order valence-electron chi connectivity index (χ1n) is 11.0. The topological polar surface area (TPSA) is 81.0 Å². The first kappa shape index (κ1) is 25.2. The minimum Gasteiger partial charge on any atom is -0.347 e. The van der Waals surface area contributed by atoms with Crippen LogP contribution in [0, 0.1) is 17.1 Å². The van der Waals surface area contributed by atoms with Crippen LogP contribution in [0.5, 0.6) is 0 Å². The molecular formula is C25H26ClN5O2S. The van der Waals surface area contributed by atoms with Gasteiger partial charge in [-0.3, -0.25) is 14.2 Å². The Labute approximate surface area is 209 Å². The van der Waals surface area contributed by atoms with Gasteiger partial charge in [0.25, 0.3) is 0 Å². The molecule has 2 N–H and O–H groups in total. The van der Waals surface area contributed by atoms with Crippen molar-refractivity contribution in [3.8, 4) is 23.7 Å². The van der Waals surface area contributed by atoms with Gasteiger partial charge in [-0.2, -0.15) is 5.10 Å². The van der Waals surface area contributed by atoms with Crippen LogP contribution in [0.25, 0.3) is 11.4 Å². The Bertz CT molecular complexity index is 1260. The molecule has 0 unspecified atom stereocenters. The minimum absolute atomic E-state index is 0.138. The quantitative estimate of drug-likeness (QED) is 0.316. The number of nitrogens with zero attached hydrogens (tertiary/aromatic N) is 3. The van der Waals surface area contributed by atoms with E-state index >= 15 is 0 Å². The lowest BCUT2D eigenvalue weighted by Crippen LogP contribution is -2.33. The van der Waals surface area contributed by atoms with Crippen LogP contribution < -0.4 is 10.6 Å². The lowest BCUT2D eigenvalue weighted by Gasteiger charge is -2.07. The van der Waals surface area contributed by atoms with E-state index in [1.54, 1.807) is 28.9 Å². The third-order valence-corrected chi connectivity index (χ3v) is 5.75. The molecule has 9 heteroatoms. The summed E-state index contributed by atoms with van der Waals surface area (Å²) in [6.07, 6.45) is 7.49. The van der Waals surface area contributed by atoms with Gasteiger partial charge in [0.2, 0.25) is 11.8 Å². The van der Waals surface area contributed by atoms with Gasteiger partial charge in [0.1, 0.15) is 0 Å². The van der Waals surface area contributed by atoms with E-state index in [0.717, 1.165) is 30.8 Å². The van der Waals surface area contributed by atoms with Crippen molar-refractivity contribution >= 4 is 41.3 Å². The summed E-state index contributed by atoms with van der Waals surface area (Å²) in [4.78, 5) is 24.5. The van der Waals surface area contributed by atoms with Crippen molar-refractivity contribution in [2.75, 3.05) is 11.9 Å². The molecule has 1 heterocycles. The van der Waals surface area contributed by atoms with Crippen molar-refractivity contribution in [1.29, 1.82) is 0 Å². The third kappa shape index (κ3) is 6.80. The van der Waals surface area contributed by atoms with E-state index in [9.17, 15) is 9.59 Å². The predicted octanol–water partition coefficient (Wildman–Crippen LogP) is 4.66. The van der Waals surface area contributed by atoms with Crippen LogP contribution in [0.15, 0.2) is 48.5 Å². The van der Waals surface area contributed by atoms with Gasteiger partial charge in [-0.15, -0.1) is 6.42 Å². The molecule has 2 amide bonds. The zero-order valence-corrected chi connectivity index (χ0v) is 20.5. The smallest absolute Gasteiger partial charge is 0.243 e. The fourth-order valence-electron chi connectivity index (χ4n) is 3.28. The highest BCUT2D eigenvalue weighted by Crippen LogP contribution is 2.21. The second-order valence-electron chi connectivity index (χ2n) is 7.64. The number of aromatic nitrogens is 3. The summed E-state index contributed by atoms with van der Waals surface area (Å²) >= 11 is 11.7. The number of unbranched alkanes of at least 4 members (excludes halogenated alkanes) is 1. The van der Waals surface area contributed by atoms with Crippen LogP contribution >= 0.6 is 23.8 Å². The highest BCUT2D eigenvalue weighted by Gasteiger charge is 2.14. The molecule has 0 spiro atoms. The van der Waals surface area contributed by atoms with Crippen molar-refractivity contribution < 1.29 is 9.59 Å². The fourth-order valence-corrected chi connectivity index (χ4v) is 3.72. The molecule has 0 bridgehead atoms. The van der Waals surface area contributed by atoms with E-state index in [0.29, 0.717) is 27.6 Å². The average Bonchev–Trinajstić information content (AvgIpc) is 3.15. The van der Waals surface area contributed by atoms with Gasteiger partial charge in [0.05, 0.1) is 13.1 Å². The van der Waals surface area contributed by atoms with Gasteiger partial charge in [0.15, 0.2) is 10.6 Å². The maximum atomic E-state index is 12.3. The Morgan fingerprint density at radius 3 is 2.62 bits per heavy atom. The second-order valence-corrected chi connectivity index (χ2v) is 8.44. The fraction of sp³-hybridized carbons (Fsp3) is 0.280. The number of rotatable bonds is 10. The molecule has 2 aromatic carbocycles. The number of hydrogen-bond donors (Lipinski definition) is 2. The number of carbonyl (C=O) groups is 2. The molecule has 0 fully saturated rings. The average molecular weight is 496 g/mol. The number of terminal acetylenes is 1. The number of nitrogens with one attached hydrogen (secondary N) is 2. The SMILES string of the molecule is C#Cc1cccc(NC(=O)CNC(=O)CCn2nc(-c3ccc(Cl)cc3)n(CCCC)c2=S)c1. The predicted molar refractivity (Wildman–Crippen MR) is 137 cm³/mol. The molecule has 7 nitrogen and oxygen atoms in total. The van der Waals surface area contributed by atoms with Gasteiger partial charge in [-0.05, 0) is 61.1 Å². The Morgan fingerprint density at radius 1 is 1.15 bits per heavy atom. The Hall–Kier alpha value is -3.41. The molecule has 0 atom stereocenters. The van der Waals surface area contributed by atoms with Gasteiger partial charge in [0, 0.05) is 34.8 Å². The van der Waals surface area contributed by atoms with Crippen molar-refractivity contribution in [3.05, 3.63) is 63.9 Å². The summed E-state index contributed by atoms with van der Waals surface area (Å²) < 4.78 is 4.19. The lowest BCUT2D eigenvalue weighted by molar-refractivity contribution is -0.124. The van der Waals surface area contributed by atoms with Crippen LogP contribution in [-0.4, -0.2) is 32.7 Å². The summed E-state index contributed by atoms with van der Waals surface area (Å²) in [5, 5.41) is 10.6. The number of benzene rings is 2. The minimum atomic E-state index is -0.340. The molecule has 0 aliphatic heterocycles. The number of amides is 2. The molecular weight excluding hydrogens is 470 g/mol. The molecule has 0 saturated carbocycles. The standard InChI is InChI=1S/C25H26ClN5O2S/c1-3-5-14-30-24(19-9-11-20(26)12-10-19)29-31(25(30)34)15-13-22(32)27-17-23(33)28-21-8-6-7-18(4-2)16-21/h2,6-12,16H,3,5,13-15,17H2,1H3,(H,27,32)(H,28,33). The van der Waals surface area contributed by atoms with Crippen LogP contribution in [0.3, 0.4) is 0 Å². The molecule has 34 heavy (non-hydrogen) atoms. The van der Waals surface area contributed by atoms with E-state index in [-0.39, 0.29) is 24.8 Å². The normalized spacial score (nSPS) is 10.5. The van der Waals surface area contributed by atoms with Crippen LogP contribution in [0.2, 0.25) is 5.02 Å². The highest BCUT2D eigenvalue weighted by molar-refractivity contribution is 7.71. The number of aryl methyl sites for hydroxylation is 1. The summed E-state index contributed by atoms with van der Waals surface area (Å²) in [7, 11) is 0. The Balaban J connectivity index is 1.60. The van der Waals surface area contributed by atoms with Crippen molar-refractivity contribution in [2.45, 2.75) is 39.3 Å². The summed E-state index contributed by atoms with van der Waals surface area (Å²) in [5.74, 6) is 2.64. The van der Waals surface area contributed by atoms with E-state index in [1.165, 1.54) is 0 Å². The van der Waals surface area contributed by atoms with Gasteiger partial charge in [-0.1, -0.05) is 36.9 Å². The molecule has 176 valence electrons. The monoisotopic (exact) mass is 495 g/mol. The largest absolute Gasteiger partial charge is 0.347 e. The zero-order valence-electron chi connectivity index (χ0n) is 18.9. The molecule has 3 aromatic rings. The van der Waals surface area contributed by atoms with Crippen LogP contribution in [0.1, 0.15) is 31.7 Å². The first-order chi connectivity index (χ1) is 16.4. The van der Waals surface area contributed by atoms with Crippen molar-refractivity contribution in [3.63, 3.8) is 0 Å². The van der Waals surface area contributed by atoms with Crippen LogP contribution in [0.4, 0.5) is 5.69 Å². The first-order valence-corrected chi connectivity index (χ1v) is 11.8. The third-order valence-electron chi connectivity index (χ3n) is 5.07. The van der Waals surface area contributed by atoms with Crippen LogP contribution in [-0.2, 0) is 22.7 Å². The van der Waals surface area contributed by atoms with Crippen molar-refractivity contribution in [1.82, 2.24) is 19.7 Å². The molecule has 0 saturated heterocycles. The van der Waals surface area contributed by atoms with Crippen molar-refractivity contribution in [2.24, 2.45) is 0 Å². The second kappa shape index (κ2) is 12.2. The van der Waals surface area contributed by atoms with Gasteiger partial charge >= 0.3 is 0 Å². The van der Waals surface area contributed by atoms with E-state index in [2.05, 4.69) is 28.6 Å². The molecule has 3 rings (SSSR count). The summed E-state index contributed by atoms with van der Waals surface area (Å²) in [6, 6.07) is 14.4. The lowest BCUT2D eigenvalue weighted by atomic mass is 10.2. The maximum absolute atomic E-state index is 12.3. The maximum Gasteiger partial charge on any atom is 0.243 e. The van der Waals surface area contributed by atoms with E-state index in [1.807, 2.05) is 28.8 Å². The molecule has 0 aliphatic carbocycles. The zero-order chi connectivity index (χ0) is 24.5. The number of halogens is 1. The van der Waals surface area contributed by atoms with Gasteiger partial charge in [-0.25, -0.2) is 4.68 Å². The van der Waals surface area contributed by atoms with Gasteiger partial charge < -0.3 is 10.6 Å². The highest BCUT2D eigenvalue weighted by atomic mass is 35.5. The molecule has 1 aromatic heterocycles. The number of anilines is 1. The van der Waals surface area contributed by atoms with E-state index < -0.39 is 0 Å².